The van der Waals surface area contributed by atoms with E-state index in [0.717, 1.165) is 44.9 Å². The summed E-state index contributed by atoms with van der Waals surface area (Å²) in [7, 11) is 1.82. The van der Waals surface area contributed by atoms with Gasteiger partial charge in [0.05, 0.1) is 0 Å². The van der Waals surface area contributed by atoms with E-state index in [4.69, 9.17) is 0 Å². The first-order valence-electron chi connectivity index (χ1n) is 10.9. The van der Waals surface area contributed by atoms with Crippen LogP contribution in [0.1, 0.15) is 57.4 Å². The highest BCUT2D eigenvalue weighted by atomic mass is 16.2. The summed E-state index contributed by atoms with van der Waals surface area (Å²) in [5.41, 5.74) is 1.36. The number of hydrogen-bond acceptors (Lipinski definition) is 2. The highest BCUT2D eigenvalue weighted by Crippen LogP contribution is 2.28. The molecule has 2 aliphatic rings. The second-order valence-electron chi connectivity index (χ2n) is 8.61. The number of rotatable bonds is 6. The maximum Gasteiger partial charge on any atom is 0.225 e. The monoisotopic (exact) mass is 384 g/mol. The number of likely N-dealkylation sites (tertiary alicyclic amines) is 1. The largest absolute Gasteiger partial charge is 0.356 e. The predicted octanol–water partition coefficient (Wildman–Crippen LogP) is 3.38. The standard InChI is InChI=1S/C23H36N4O/c1-17(2)21(18-9-5-4-6-10-18)15-25-23(24-3)26-20-13-14-27(16-20)22(28)19-11-7-8-12-19/h4-6,9-10,17,19-21H,7-8,11-16H2,1-3H3,(H2,24,25,26). The van der Waals surface area contributed by atoms with Gasteiger partial charge < -0.3 is 15.5 Å². The molecular formula is C23H36N4O. The zero-order chi connectivity index (χ0) is 19.9. The van der Waals surface area contributed by atoms with Crippen molar-refractivity contribution >= 4 is 11.9 Å². The summed E-state index contributed by atoms with van der Waals surface area (Å²) in [6.07, 6.45) is 5.56. The van der Waals surface area contributed by atoms with Crippen LogP contribution in [-0.4, -0.2) is 49.5 Å². The van der Waals surface area contributed by atoms with Gasteiger partial charge in [-0.3, -0.25) is 9.79 Å². The third-order valence-electron chi connectivity index (χ3n) is 6.29. The molecule has 28 heavy (non-hydrogen) atoms. The lowest BCUT2D eigenvalue weighted by Gasteiger charge is -2.25. The van der Waals surface area contributed by atoms with Crippen LogP contribution in [0.5, 0.6) is 0 Å². The van der Waals surface area contributed by atoms with Gasteiger partial charge in [0.2, 0.25) is 5.91 Å². The van der Waals surface area contributed by atoms with Gasteiger partial charge in [0.15, 0.2) is 5.96 Å². The Morgan fingerprint density at radius 2 is 1.89 bits per heavy atom. The van der Waals surface area contributed by atoms with E-state index in [2.05, 4.69) is 64.7 Å². The van der Waals surface area contributed by atoms with Gasteiger partial charge in [0.25, 0.3) is 0 Å². The van der Waals surface area contributed by atoms with Gasteiger partial charge in [0, 0.05) is 44.6 Å². The van der Waals surface area contributed by atoms with Crippen molar-refractivity contribution in [1.82, 2.24) is 15.5 Å². The third-order valence-corrected chi connectivity index (χ3v) is 6.29. The number of hydrogen-bond donors (Lipinski definition) is 2. The van der Waals surface area contributed by atoms with E-state index in [0.29, 0.717) is 17.7 Å². The molecule has 3 rings (SSSR count). The normalized spacial score (nSPS) is 21.9. The summed E-state index contributed by atoms with van der Waals surface area (Å²) in [6, 6.07) is 11.0. The fourth-order valence-corrected chi connectivity index (χ4v) is 4.54. The van der Waals surface area contributed by atoms with Crippen LogP contribution in [0.3, 0.4) is 0 Å². The SMILES string of the molecule is CN=C(NCC(c1ccccc1)C(C)C)NC1CCN(C(=O)C2CCCC2)C1. The van der Waals surface area contributed by atoms with Crippen molar-refractivity contribution in [2.45, 2.75) is 57.9 Å². The molecule has 0 spiro atoms. The van der Waals surface area contributed by atoms with Crippen LogP contribution in [0.15, 0.2) is 35.3 Å². The minimum atomic E-state index is 0.272. The van der Waals surface area contributed by atoms with Crippen LogP contribution in [0, 0.1) is 11.8 Å². The Hall–Kier alpha value is -2.04. The molecule has 0 aromatic heterocycles. The van der Waals surface area contributed by atoms with Crippen LogP contribution in [0.25, 0.3) is 0 Å². The molecule has 1 amide bonds. The van der Waals surface area contributed by atoms with Crippen molar-refractivity contribution in [1.29, 1.82) is 0 Å². The quantitative estimate of drug-likeness (QED) is 0.584. The molecule has 1 aliphatic carbocycles. The zero-order valence-corrected chi connectivity index (χ0v) is 17.7. The molecule has 1 saturated heterocycles. The zero-order valence-electron chi connectivity index (χ0n) is 17.7. The first kappa shape index (κ1) is 20.7. The Morgan fingerprint density at radius 3 is 2.54 bits per heavy atom. The van der Waals surface area contributed by atoms with Gasteiger partial charge in [-0.05, 0) is 30.7 Å². The fraction of sp³-hybridized carbons (Fsp3) is 0.652. The lowest BCUT2D eigenvalue weighted by Crippen LogP contribution is -2.46. The first-order valence-corrected chi connectivity index (χ1v) is 10.9. The van der Waals surface area contributed by atoms with Crippen LogP contribution in [0.4, 0.5) is 0 Å². The van der Waals surface area contributed by atoms with Gasteiger partial charge in [-0.2, -0.15) is 0 Å². The third kappa shape index (κ3) is 5.27. The van der Waals surface area contributed by atoms with Crippen molar-refractivity contribution in [3.8, 4) is 0 Å². The summed E-state index contributed by atoms with van der Waals surface area (Å²) in [4.78, 5) is 19.1. The number of nitrogens with zero attached hydrogens (tertiary/aromatic N) is 2. The Morgan fingerprint density at radius 1 is 1.18 bits per heavy atom. The molecule has 1 aliphatic heterocycles. The van der Waals surface area contributed by atoms with Gasteiger partial charge in [-0.1, -0.05) is 57.0 Å². The van der Waals surface area contributed by atoms with Gasteiger partial charge in [-0.25, -0.2) is 0 Å². The minimum Gasteiger partial charge on any atom is -0.356 e. The first-order chi connectivity index (χ1) is 13.6. The fourth-order valence-electron chi connectivity index (χ4n) is 4.54. The number of guanidine groups is 1. The molecule has 2 atom stereocenters. The lowest BCUT2D eigenvalue weighted by molar-refractivity contribution is -0.134. The molecule has 1 heterocycles. The Kier molecular flexibility index (Phi) is 7.35. The van der Waals surface area contributed by atoms with E-state index in [-0.39, 0.29) is 12.0 Å². The van der Waals surface area contributed by atoms with Crippen LogP contribution < -0.4 is 10.6 Å². The molecule has 0 bridgehead atoms. The number of aliphatic imine (C=N–C) groups is 1. The Bertz CT molecular complexity index is 652. The average molecular weight is 385 g/mol. The highest BCUT2D eigenvalue weighted by Gasteiger charge is 2.32. The molecule has 154 valence electrons. The second kappa shape index (κ2) is 9.94. The lowest BCUT2D eigenvalue weighted by atomic mass is 9.88. The van der Waals surface area contributed by atoms with Gasteiger partial charge in [0.1, 0.15) is 0 Å². The summed E-state index contributed by atoms with van der Waals surface area (Å²) >= 11 is 0. The molecule has 1 saturated carbocycles. The summed E-state index contributed by atoms with van der Waals surface area (Å²) < 4.78 is 0. The van der Waals surface area contributed by atoms with Crippen LogP contribution in [0.2, 0.25) is 0 Å². The van der Waals surface area contributed by atoms with Crippen LogP contribution >= 0.6 is 0 Å². The van der Waals surface area contributed by atoms with Crippen LogP contribution in [-0.2, 0) is 4.79 Å². The number of benzene rings is 1. The molecule has 5 heteroatoms. The maximum atomic E-state index is 12.6. The minimum absolute atomic E-state index is 0.272. The van der Waals surface area contributed by atoms with Crippen molar-refractivity contribution in [2.24, 2.45) is 16.8 Å². The summed E-state index contributed by atoms with van der Waals surface area (Å²) in [5.74, 6) is 2.45. The predicted molar refractivity (Wildman–Crippen MR) is 115 cm³/mol. The smallest absolute Gasteiger partial charge is 0.225 e. The average Bonchev–Trinajstić information content (AvgIpc) is 3.39. The van der Waals surface area contributed by atoms with E-state index >= 15 is 0 Å². The van der Waals surface area contributed by atoms with E-state index < -0.39 is 0 Å². The van der Waals surface area contributed by atoms with E-state index in [9.17, 15) is 4.79 Å². The van der Waals surface area contributed by atoms with Crippen molar-refractivity contribution < 1.29 is 4.79 Å². The summed E-state index contributed by atoms with van der Waals surface area (Å²) in [6.45, 7) is 7.03. The number of amides is 1. The van der Waals surface area contributed by atoms with E-state index in [1.54, 1.807) is 0 Å². The topological polar surface area (TPSA) is 56.7 Å². The number of nitrogens with one attached hydrogen (secondary N) is 2. The van der Waals surface area contributed by atoms with E-state index in [1.165, 1.54) is 18.4 Å². The molecule has 2 unspecified atom stereocenters. The van der Waals surface area contributed by atoms with Crippen molar-refractivity contribution in [2.75, 3.05) is 26.7 Å². The van der Waals surface area contributed by atoms with Gasteiger partial charge in [-0.15, -0.1) is 0 Å². The summed E-state index contributed by atoms with van der Waals surface area (Å²) in [5, 5.41) is 7.04. The maximum absolute atomic E-state index is 12.6. The molecule has 2 N–H and O–H groups in total. The molecule has 0 radical (unpaired) electrons. The number of carbonyl (C=O) groups is 1. The highest BCUT2D eigenvalue weighted by molar-refractivity contribution is 5.81. The van der Waals surface area contributed by atoms with E-state index in [1.807, 2.05) is 7.05 Å². The second-order valence-corrected chi connectivity index (χ2v) is 8.61. The molecule has 2 fully saturated rings. The van der Waals surface area contributed by atoms with Crippen molar-refractivity contribution in [3.63, 3.8) is 0 Å². The van der Waals surface area contributed by atoms with Crippen molar-refractivity contribution in [3.05, 3.63) is 35.9 Å². The number of carbonyl (C=O) groups excluding carboxylic acids is 1. The Balaban J connectivity index is 1.50. The Labute approximate surface area is 170 Å². The molecule has 1 aromatic rings. The molecule has 1 aromatic carbocycles. The molecular weight excluding hydrogens is 348 g/mol. The molecule has 5 nitrogen and oxygen atoms in total. The van der Waals surface area contributed by atoms with Gasteiger partial charge >= 0.3 is 0 Å².